The van der Waals surface area contributed by atoms with Crippen LogP contribution in [-0.4, -0.2) is 29.3 Å². The first kappa shape index (κ1) is 8.71. The number of rotatable bonds is 0. The molecule has 0 bridgehead atoms. The number of halogens is 3. The molecule has 0 unspecified atom stereocenters. The first-order valence-electron chi connectivity index (χ1n) is 3.33. The predicted molar refractivity (Wildman–Crippen MR) is 37.0 cm³/mol. The molecule has 1 amide bonds. The molecule has 1 heterocycles. The molecule has 5 heteroatoms. The zero-order chi connectivity index (χ0) is 8.48. The number of amides is 1. The van der Waals surface area contributed by atoms with Crippen LogP contribution in [0, 0.1) is 0 Å². The molecule has 11 heavy (non-hydrogen) atoms. The van der Waals surface area contributed by atoms with Crippen LogP contribution in [0.1, 0.15) is 12.8 Å². The Morgan fingerprint density at radius 3 is 2.55 bits per heavy atom. The van der Waals surface area contributed by atoms with E-state index in [2.05, 4.69) is 0 Å². The molecule has 1 fully saturated rings. The van der Waals surface area contributed by atoms with Crippen molar-refractivity contribution < 1.29 is 13.6 Å². The lowest BCUT2D eigenvalue weighted by Gasteiger charge is -2.30. The van der Waals surface area contributed by atoms with Crippen LogP contribution in [-0.2, 0) is 0 Å². The minimum Gasteiger partial charge on any atom is -0.323 e. The van der Waals surface area contributed by atoms with E-state index in [9.17, 15) is 13.6 Å². The summed E-state index contributed by atoms with van der Waals surface area (Å²) in [7, 11) is 0. The van der Waals surface area contributed by atoms with Gasteiger partial charge in [0, 0.05) is 13.0 Å². The second kappa shape index (κ2) is 2.93. The summed E-state index contributed by atoms with van der Waals surface area (Å²) in [4.78, 5) is 11.4. The molecule has 0 saturated carbocycles. The van der Waals surface area contributed by atoms with Gasteiger partial charge in [0.15, 0.2) is 0 Å². The lowest BCUT2D eigenvalue weighted by atomic mass is 10.1. The number of carbonyl (C=O) groups excluding carboxylic acids is 1. The highest BCUT2D eigenvalue weighted by atomic mass is 35.5. The molecule has 64 valence electrons. The summed E-state index contributed by atoms with van der Waals surface area (Å²) in [5.74, 6) is -2.75. The molecule has 0 aliphatic carbocycles. The van der Waals surface area contributed by atoms with E-state index in [0.717, 1.165) is 4.90 Å². The number of carbonyl (C=O) groups is 1. The van der Waals surface area contributed by atoms with Gasteiger partial charge < -0.3 is 4.90 Å². The van der Waals surface area contributed by atoms with Crippen LogP contribution in [0.2, 0.25) is 0 Å². The number of hydrogen-bond donors (Lipinski definition) is 0. The van der Waals surface area contributed by atoms with Crippen LogP contribution >= 0.6 is 11.6 Å². The molecule has 0 atom stereocenters. The van der Waals surface area contributed by atoms with Gasteiger partial charge in [0.05, 0.1) is 6.54 Å². The lowest BCUT2D eigenvalue weighted by Crippen LogP contribution is -2.43. The number of nitrogens with zero attached hydrogens (tertiary/aromatic N) is 1. The molecule has 1 aliphatic rings. The predicted octanol–water partition coefficient (Wildman–Crippen LogP) is 2.08. The van der Waals surface area contributed by atoms with Crippen molar-refractivity contribution in [2.75, 3.05) is 13.1 Å². The second-order valence-corrected chi connectivity index (χ2v) is 2.96. The fraction of sp³-hybridized carbons (Fsp3) is 0.833. The van der Waals surface area contributed by atoms with E-state index < -0.39 is 17.8 Å². The van der Waals surface area contributed by atoms with Crippen molar-refractivity contribution in [1.82, 2.24) is 4.90 Å². The molecule has 0 aromatic carbocycles. The standard InChI is InChI=1S/C6H8ClF2NO/c7-5(11)10-3-1-2-6(8,9)4-10/h1-4H2. The average Bonchev–Trinajstić information content (AvgIpc) is 1.85. The van der Waals surface area contributed by atoms with Crippen molar-refractivity contribution in [2.45, 2.75) is 18.8 Å². The molecule has 2 nitrogen and oxygen atoms in total. The molecule has 0 spiro atoms. The normalized spacial score (nSPS) is 23.4. The van der Waals surface area contributed by atoms with Crippen molar-refractivity contribution in [2.24, 2.45) is 0 Å². The number of alkyl halides is 2. The second-order valence-electron chi connectivity index (χ2n) is 2.63. The first-order chi connectivity index (χ1) is 5.01. The van der Waals surface area contributed by atoms with Gasteiger partial charge >= 0.3 is 5.37 Å². The highest BCUT2D eigenvalue weighted by Gasteiger charge is 2.36. The molecular weight excluding hydrogens is 176 g/mol. The fourth-order valence-electron chi connectivity index (χ4n) is 1.12. The topological polar surface area (TPSA) is 20.3 Å². The SMILES string of the molecule is O=C(Cl)N1CCCC(F)(F)C1. The molecule has 1 aliphatic heterocycles. The van der Waals surface area contributed by atoms with Crippen molar-refractivity contribution in [3.8, 4) is 0 Å². The summed E-state index contributed by atoms with van der Waals surface area (Å²) in [6.45, 7) is -0.187. The van der Waals surface area contributed by atoms with Crippen LogP contribution in [0.15, 0.2) is 0 Å². The smallest absolute Gasteiger partial charge is 0.316 e. The zero-order valence-electron chi connectivity index (χ0n) is 5.82. The van der Waals surface area contributed by atoms with E-state index in [4.69, 9.17) is 11.6 Å². The summed E-state index contributed by atoms with van der Waals surface area (Å²) >= 11 is 5.04. The summed E-state index contributed by atoms with van der Waals surface area (Å²) in [6.07, 6.45) is 0.180. The molecule has 1 saturated heterocycles. The van der Waals surface area contributed by atoms with Gasteiger partial charge in [-0.2, -0.15) is 0 Å². The lowest BCUT2D eigenvalue weighted by molar-refractivity contribution is -0.0499. The van der Waals surface area contributed by atoms with Crippen LogP contribution in [0.5, 0.6) is 0 Å². The van der Waals surface area contributed by atoms with Crippen molar-refractivity contribution in [3.63, 3.8) is 0 Å². The molecular formula is C6H8ClF2NO. The third-order valence-corrected chi connectivity index (χ3v) is 1.88. The average molecular weight is 184 g/mol. The number of likely N-dealkylation sites (tertiary alicyclic amines) is 1. The van der Waals surface area contributed by atoms with E-state index in [-0.39, 0.29) is 6.42 Å². The Labute approximate surface area is 68.1 Å². The quantitative estimate of drug-likeness (QED) is 0.416. The minimum atomic E-state index is -2.75. The number of hydrogen-bond acceptors (Lipinski definition) is 1. The van der Waals surface area contributed by atoms with Crippen molar-refractivity contribution in [1.29, 1.82) is 0 Å². The van der Waals surface area contributed by atoms with E-state index >= 15 is 0 Å². The van der Waals surface area contributed by atoms with Crippen LogP contribution in [0.3, 0.4) is 0 Å². The van der Waals surface area contributed by atoms with Gasteiger partial charge in [-0.15, -0.1) is 0 Å². The van der Waals surface area contributed by atoms with Gasteiger partial charge in [-0.3, -0.25) is 4.79 Å². The van der Waals surface area contributed by atoms with Gasteiger partial charge in [0.25, 0.3) is 5.92 Å². The monoisotopic (exact) mass is 183 g/mol. The van der Waals surface area contributed by atoms with E-state index in [1.54, 1.807) is 0 Å². The Morgan fingerprint density at radius 2 is 2.18 bits per heavy atom. The largest absolute Gasteiger partial charge is 0.323 e. The van der Waals surface area contributed by atoms with E-state index in [0.29, 0.717) is 13.0 Å². The highest BCUT2D eigenvalue weighted by Crippen LogP contribution is 2.26. The molecule has 0 aromatic heterocycles. The summed E-state index contributed by atoms with van der Waals surface area (Å²) in [6, 6.07) is 0. The van der Waals surface area contributed by atoms with Gasteiger partial charge in [-0.25, -0.2) is 8.78 Å². The molecule has 0 N–H and O–H groups in total. The third kappa shape index (κ3) is 2.29. The Kier molecular flexibility index (Phi) is 2.32. The van der Waals surface area contributed by atoms with Crippen LogP contribution in [0.4, 0.5) is 13.6 Å². The van der Waals surface area contributed by atoms with E-state index in [1.807, 2.05) is 0 Å². The fourth-order valence-corrected chi connectivity index (χ4v) is 1.26. The number of piperidine rings is 1. The maximum atomic E-state index is 12.6. The van der Waals surface area contributed by atoms with Gasteiger partial charge in [-0.05, 0) is 18.0 Å². The maximum absolute atomic E-state index is 12.6. The minimum absolute atomic E-state index is 0.145. The summed E-state index contributed by atoms with van der Waals surface area (Å²) < 4.78 is 25.1. The Hall–Kier alpha value is -0.380. The Bertz CT molecular complexity index is 174. The van der Waals surface area contributed by atoms with Crippen molar-refractivity contribution in [3.05, 3.63) is 0 Å². The van der Waals surface area contributed by atoms with E-state index in [1.165, 1.54) is 0 Å². The summed E-state index contributed by atoms with van der Waals surface area (Å²) in [5.41, 5.74) is 0. The van der Waals surface area contributed by atoms with Gasteiger partial charge in [0.2, 0.25) is 0 Å². The Balaban J connectivity index is 2.53. The van der Waals surface area contributed by atoms with Gasteiger partial charge in [-0.1, -0.05) is 0 Å². The molecule has 0 radical (unpaired) electrons. The summed E-state index contributed by atoms with van der Waals surface area (Å²) in [5, 5.41) is -0.788. The Morgan fingerprint density at radius 1 is 1.55 bits per heavy atom. The van der Waals surface area contributed by atoms with Crippen LogP contribution < -0.4 is 0 Å². The van der Waals surface area contributed by atoms with Crippen molar-refractivity contribution >= 4 is 17.0 Å². The first-order valence-corrected chi connectivity index (χ1v) is 3.71. The van der Waals surface area contributed by atoms with Gasteiger partial charge in [0.1, 0.15) is 0 Å². The highest BCUT2D eigenvalue weighted by molar-refractivity contribution is 6.62. The molecule has 1 rings (SSSR count). The zero-order valence-corrected chi connectivity index (χ0v) is 6.57. The maximum Gasteiger partial charge on any atom is 0.316 e. The molecule has 0 aromatic rings. The van der Waals surface area contributed by atoms with Crippen LogP contribution in [0.25, 0.3) is 0 Å². The third-order valence-electron chi connectivity index (χ3n) is 1.64.